The van der Waals surface area contributed by atoms with Gasteiger partial charge in [-0.3, -0.25) is 0 Å². The minimum atomic E-state index is -0.124. The third kappa shape index (κ3) is 3.66. The Morgan fingerprint density at radius 2 is 2.05 bits per heavy atom. The second kappa shape index (κ2) is 6.98. The zero-order valence-corrected chi connectivity index (χ0v) is 12.2. The van der Waals surface area contributed by atoms with E-state index in [2.05, 4.69) is 6.07 Å². The van der Waals surface area contributed by atoms with Crippen molar-refractivity contribution in [3.8, 4) is 17.6 Å². The van der Waals surface area contributed by atoms with Gasteiger partial charge in [-0.1, -0.05) is 23.7 Å². The molecule has 0 amide bonds. The number of nitrogens with zero attached hydrogens (tertiary/aromatic N) is 1. The molecule has 21 heavy (non-hydrogen) atoms. The molecule has 0 aliphatic carbocycles. The number of aliphatic hydroxyl groups is 1. The van der Waals surface area contributed by atoms with Crippen LogP contribution in [0.5, 0.6) is 11.5 Å². The van der Waals surface area contributed by atoms with E-state index in [1.54, 1.807) is 30.3 Å². The van der Waals surface area contributed by atoms with Gasteiger partial charge in [-0.15, -0.1) is 0 Å². The molecule has 0 aromatic heterocycles. The predicted molar refractivity (Wildman–Crippen MR) is 79.4 cm³/mol. The summed E-state index contributed by atoms with van der Waals surface area (Å²) in [6.07, 6.45) is 0. The van der Waals surface area contributed by atoms with E-state index in [1.807, 2.05) is 6.07 Å². The Labute approximate surface area is 128 Å². The molecule has 2 aromatic carbocycles. The number of hydrogen-bond donors (Lipinski definition) is 1. The molecule has 0 radical (unpaired) electrons. The molecule has 5 heteroatoms. The van der Waals surface area contributed by atoms with Gasteiger partial charge in [-0.25, -0.2) is 0 Å². The van der Waals surface area contributed by atoms with Crippen LogP contribution in [0.3, 0.4) is 0 Å². The largest absolute Gasteiger partial charge is 0.493 e. The maximum Gasteiger partial charge on any atom is 0.180 e. The van der Waals surface area contributed by atoms with Gasteiger partial charge in [0.2, 0.25) is 0 Å². The fourth-order valence-electron chi connectivity index (χ4n) is 1.89. The lowest BCUT2D eigenvalue weighted by molar-refractivity contribution is 0.274. The van der Waals surface area contributed by atoms with Crippen LogP contribution >= 0.6 is 11.6 Å². The van der Waals surface area contributed by atoms with Gasteiger partial charge in [0.15, 0.2) is 11.5 Å². The van der Waals surface area contributed by atoms with Gasteiger partial charge in [-0.2, -0.15) is 5.26 Å². The second-order valence-corrected chi connectivity index (χ2v) is 4.78. The molecule has 0 aliphatic rings. The van der Waals surface area contributed by atoms with Crippen LogP contribution in [0.1, 0.15) is 16.7 Å². The maximum atomic E-state index is 9.15. The van der Waals surface area contributed by atoms with E-state index in [1.165, 1.54) is 7.11 Å². The molecule has 0 unspecified atom stereocenters. The monoisotopic (exact) mass is 303 g/mol. The van der Waals surface area contributed by atoms with Crippen molar-refractivity contribution in [2.75, 3.05) is 7.11 Å². The van der Waals surface area contributed by atoms with Crippen molar-refractivity contribution in [2.24, 2.45) is 0 Å². The Bertz CT molecular complexity index is 680. The molecule has 0 aliphatic heterocycles. The molecule has 0 spiro atoms. The summed E-state index contributed by atoms with van der Waals surface area (Å²) >= 11 is 6.15. The van der Waals surface area contributed by atoms with Crippen molar-refractivity contribution in [1.82, 2.24) is 0 Å². The van der Waals surface area contributed by atoms with Gasteiger partial charge < -0.3 is 14.6 Å². The first-order valence-electron chi connectivity index (χ1n) is 6.27. The van der Waals surface area contributed by atoms with E-state index in [0.29, 0.717) is 27.6 Å². The van der Waals surface area contributed by atoms with Crippen molar-refractivity contribution < 1.29 is 14.6 Å². The molecule has 0 saturated heterocycles. The van der Waals surface area contributed by atoms with Crippen LogP contribution in [0.4, 0.5) is 0 Å². The summed E-state index contributed by atoms with van der Waals surface area (Å²) in [6, 6.07) is 12.5. The van der Waals surface area contributed by atoms with E-state index in [0.717, 1.165) is 5.56 Å². The molecule has 0 bridgehead atoms. The quantitative estimate of drug-likeness (QED) is 0.920. The fraction of sp³-hybridized carbons (Fsp3) is 0.188. The number of ether oxygens (including phenoxy) is 2. The van der Waals surface area contributed by atoms with Gasteiger partial charge in [0, 0.05) is 0 Å². The van der Waals surface area contributed by atoms with E-state index in [-0.39, 0.29) is 13.2 Å². The van der Waals surface area contributed by atoms with Gasteiger partial charge >= 0.3 is 0 Å². The zero-order valence-electron chi connectivity index (χ0n) is 11.5. The Balaban J connectivity index is 2.21. The second-order valence-electron chi connectivity index (χ2n) is 4.37. The summed E-state index contributed by atoms with van der Waals surface area (Å²) in [6.45, 7) is 0.143. The number of benzene rings is 2. The Kier molecular flexibility index (Phi) is 5.04. The smallest absolute Gasteiger partial charge is 0.180 e. The molecule has 2 aromatic rings. The highest BCUT2D eigenvalue weighted by Gasteiger charge is 2.12. The van der Waals surface area contributed by atoms with Crippen molar-refractivity contribution in [3.05, 3.63) is 58.1 Å². The summed E-state index contributed by atoms with van der Waals surface area (Å²) in [5.41, 5.74) is 2.08. The number of halogens is 1. The van der Waals surface area contributed by atoms with Gasteiger partial charge in [0.05, 0.1) is 30.4 Å². The first-order chi connectivity index (χ1) is 10.2. The average Bonchev–Trinajstić information content (AvgIpc) is 2.53. The molecule has 0 fully saturated rings. The van der Waals surface area contributed by atoms with E-state index < -0.39 is 0 Å². The molecule has 0 heterocycles. The molecule has 4 nitrogen and oxygen atoms in total. The van der Waals surface area contributed by atoms with Crippen LogP contribution < -0.4 is 9.47 Å². The van der Waals surface area contributed by atoms with E-state index >= 15 is 0 Å². The third-order valence-electron chi connectivity index (χ3n) is 2.91. The molecule has 108 valence electrons. The first-order valence-corrected chi connectivity index (χ1v) is 6.65. The molecular formula is C16H14ClNO3. The number of rotatable bonds is 5. The molecular weight excluding hydrogens is 290 g/mol. The highest BCUT2D eigenvalue weighted by Crippen LogP contribution is 2.37. The van der Waals surface area contributed by atoms with Crippen molar-refractivity contribution >= 4 is 11.6 Å². The van der Waals surface area contributed by atoms with Crippen LogP contribution in [0.2, 0.25) is 5.02 Å². The number of nitriles is 1. The van der Waals surface area contributed by atoms with Crippen LogP contribution in [0.15, 0.2) is 36.4 Å². The summed E-state index contributed by atoms with van der Waals surface area (Å²) in [5.74, 6) is 0.877. The minimum Gasteiger partial charge on any atom is -0.493 e. The summed E-state index contributed by atoms with van der Waals surface area (Å²) in [5, 5.41) is 18.4. The maximum absolute atomic E-state index is 9.15. The minimum absolute atomic E-state index is 0.124. The van der Waals surface area contributed by atoms with Crippen molar-refractivity contribution in [2.45, 2.75) is 13.2 Å². The summed E-state index contributed by atoms with van der Waals surface area (Å²) in [7, 11) is 1.51. The molecule has 2 rings (SSSR count). The van der Waals surface area contributed by atoms with Gasteiger partial charge in [0.25, 0.3) is 0 Å². The lowest BCUT2D eigenvalue weighted by Gasteiger charge is -2.13. The van der Waals surface area contributed by atoms with Crippen LogP contribution in [-0.2, 0) is 13.2 Å². The number of aliphatic hydroxyl groups excluding tert-OH is 1. The Morgan fingerprint density at radius 3 is 2.71 bits per heavy atom. The SMILES string of the molecule is COc1cc(CO)cc(Cl)c1OCc1cccc(C#N)c1. The van der Waals surface area contributed by atoms with Gasteiger partial charge in [0.1, 0.15) is 6.61 Å². The Hall–Kier alpha value is -2.22. The van der Waals surface area contributed by atoms with Gasteiger partial charge in [-0.05, 0) is 35.4 Å². The van der Waals surface area contributed by atoms with E-state index in [9.17, 15) is 0 Å². The normalized spacial score (nSPS) is 10.0. The lowest BCUT2D eigenvalue weighted by Crippen LogP contribution is -2.00. The average molecular weight is 304 g/mol. The highest BCUT2D eigenvalue weighted by atomic mass is 35.5. The van der Waals surface area contributed by atoms with E-state index in [4.69, 9.17) is 31.4 Å². The number of hydrogen-bond acceptors (Lipinski definition) is 4. The van der Waals surface area contributed by atoms with Crippen LogP contribution in [0, 0.1) is 11.3 Å². The van der Waals surface area contributed by atoms with Crippen LogP contribution in [0.25, 0.3) is 0 Å². The zero-order chi connectivity index (χ0) is 15.2. The predicted octanol–water partition coefficient (Wildman–Crippen LogP) is 3.29. The standard InChI is InChI=1S/C16H14ClNO3/c1-20-15-7-13(9-19)6-14(17)16(15)21-10-12-4-2-3-11(5-12)8-18/h2-7,19H,9-10H2,1H3. The summed E-state index contributed by atoms with van der Waals surface area (Å²) < 4.78 is 10.9. The topological polar surface area (TPSA) is 62.5 Å². The summed E-state index contributed by atoms with van der Waals surface area (Å²) in [4.78, 5) is 0. The Morgan fingerprint density at radius 1 is 1.24 bits per heavy atom. The van der Waals surface area contributed by atoms with Crippen LogP contribution in [-0.4, -0.2) is 12.2 Å². The fourth-order valence-corrected chi connectivity index (χ4v) is 2.18. The van der Waals surface area contributed by atoms with Crippen molar-refractivity contribution in [3.63, 3.8) is 0 Å². The van der Waals surface area contributed by atoms with Crippen molar-refractivity contribution in [1.29, 1.82) is 5.26 Å². The highest BCUT2D eigenvalue weighted by molar-refractivity contribution is 6.32. The lowest BCUT2D eigenvalue weighted by atomic mass is 10.1. The number of methoxy groups -OCH3 is 1. The molecule has 0 saturated carbocycles. The molecule has 1 N–H and O–H groups in total. The third-order valence-corrected chi connectivity index (χ3v) is 3.19. The first kappa shape index (κ1) is 15.2. The molecule has 0 atom stereocenters.